The van der Waals surface area contributed by atoms with Crippen LogP contribution in [0.15, 0.2) is 29.2 Å². The number of carbonyl (C=O) groups excluding carboxylic acids is 1. The van der Waals surface area contributed by atoms with Gasteiger partial charge in [-0.25, -0.2) is 0 Å². The molecule has 1 rings (SSSR count). The van der Waals surface area contributed by atoms with Crippen molar-refractivity contribution in [3.63, 3.8) is 0 Å². The van der Waals surface area contributed by atoms with Gasteiger partial charge in [-0.1, -0.05) is 39.8 Å². The van der Waals surface area contributed by atoms with E-state index in [2.05, 4.69) is 27.7 Å². The van der Waals surface area contributed by atoms with Crippen LogP contribution in [-0.2, 0) is 11.4 Å². The number of carbonyl (C=O) groups is 1. The number of nitrogens with zero attached hydrogens (tertiary/aromatic N) is 1. The van der Waals surface area contributed by atoms with Gasteiger partial charge in [0.2, 0.25) is 5.91 Å². The van der Waals surface area contributed by atoms with Crippen molar-refractivity contribution in [2.24, 2.45) is 11.8 Å². The van der Waals surface area contributed by atoms with Crippen LogP contribution in [0.1, 0.15) is 33.3 Å². The first kappa shape index (κ1) is 18.1. The smallest absolute Gasteiger partial charge is 0.232 e. The Morgan fingerprint density at radius 2 is 1.62 bits per heavy atom. The molecule has 1 amide bonds. The lowest BCUT2D eigenvalue weighted by Crippen LogP contribution is -2.38. The van der Waals surface area contributed by atoms with E-state index >= 15 is 0 Å². The third-order valence-corrected chi connectivity index (χ3v) is 3.99. The van der Waals surface area contributed by atoms with Gasteiger partial charge in [0.15, 0.2) is 0 Å². The Labute approximate surface area is 132 Å². The van der Waals surface area contributed by atoms with Gasteiger partial charge in [0.25, 0.3) is 0 Å². The Morgan fingerprint density at radius 1 is 1.10 bits per heavy atom. The Balaban J connectivity index is 2.55. The molecule has 0 aliphatic carbocycles. The molecular formula is C17H27NO2S. The summed E-state index contributed by atoms with van der Waals surface area (Å²) in [5.41, 5.74) is 0.895. The summed E-state index contributed by atoms with van der Waals surface area (Å²) in [6.45, 7) is 10.3. The van der Waals surface area contributed by atoms with Crippen molar-refractivity contribution in [3.05, 3.63) is 29.8 Å². The maximum absolute atomic E-state index is 12.4. The van der Waals surface area contributed by atoms with E-state index in [1.807, 2.05) is 29.2 Å². The third kappa shape index (κ3) is 7.00. The first-order valence-electron chi connectivity index (χ1n) is 7.52. The summed E-state index contributed by atoms with van der Waals surface area (Å²) in [4.78, 5) is 15.4. The van der Waals surface area contributed by atoms with Gasteiger partial charge in [0.1, 0.15) is 0 Å². The van der Waals surface area contributed by atoms with Gasteiger partial charge < -0.3 is 10.0 Å². The van der Waals surface area contributed by atoms with Crippen molar-refractivity contribution in [2.75, 3.05) is 18.8 Å². The summed E-state index contributed by atoms with van der Waals surface area (Å²) in [6.07, 6.45) is 0. The molecule has 0 aromatic heterocycles. The average molecular weight is 309 g/mol. The van der Waals surface area contributed by atoms with Crippen LogP contribution in [0, 0.1) is 11.8 Å². The van der Waals surface area contributed by atoms with Crippen LogP contribution in [0.3, 0.4) is 0 Å². The molecule has 0 atom stereocenters. The number of thioether (sulfide) groups is 1. The molecule has 0 saturated carbocycles. The molecule has 1 N–H and O–H groups in total. The fourth-order valence-corrected chi connectivity index (χ4v) is 2.89. The number of hydrogen-bond donors (Lipinski definition) is 1. The molecule has 0 unspecified atom stereocenters. The summed E-state index contributed by atoms with van der Waals surface area (Å²) in [6, 6.07) is 7.71. The number of amides is 1. The topological polar surface area (TPSA) is 40.5 Å². The SMILES string of the molecule is CC(C)CN(CC(C)C)C(=O)CSc1ccc(CO)cc1. The van der Waals surface area contributed by atoms with Gasteiger partial charge in [-0.15, -0.1) is 11.8 Å². The minimum Gasteiger partial charge on any atom is -0.392 e. The molecule has 1 aromatic carbocycles. The van der Waals surface area contributed by atoms with Crippen molar-refractivity contribution >= 4 is 17.7 Å². The molecule has 0 fully saturated rings. The Morgan fingerprint density at radius 3 is 2.05 bits per heavy atom. The molecule has 0 spiro atoms. The van der Waals surface area contributed by atoms with Gasteiger partial charge in [-0.05, 0) is 29.5 Å². The minimum absolute atomic E-state index is 0.0560. The highest BCUT2D eigenvalue weighted by Crippen LogP contribution is 2.19. The molecule has 118 valence electrons. The molecule has 1 aromatic rings. The summed E-state index contributed by atoms with van der Waals surface area (Å²) < 4.78 is 0. The molecule has 21 heavy (non-hydrogen) atoms. The molecule has 0 saturated heterocycles. The van der Waals surface area contributed by atoms with Crippen molar-refractivity contribution in [2.45, 2.75) is 39.2 Å². The quantitative estimate of drug-likeness (QED) is 0.748. The lowest BCUT2D eigenvalue weighted by Gasteiger charge is -2.26. The highest BCUT2D eigenvalue weighted by atomic mass is 32.2. The summed E-state index contributed by atoms with van der Waals surface area (Å²) in [5, 5.41) is 9.02. The van der Waals surface area contributed by atoms with E-state index in [0.717, 1.165) is 23.5 Å². The van der Waals surface area contributed by atoms with Crippen LogP contribution in [0.2, 0.25) is 0 Å². The summed E-state index contributed by atoms with van der Waals surface area (Å²) in [7, 11) is 0. The third-order valence-electron chi connectivity index (χ3n) is 2.99. The van der Waals surface area contributed by atoms with E-state index in [4.69, 9.17) is 5.11 Å². The first-order chi connectivity index (χ1) is 9.92. The van der Waals surface area contributed by atoms with E-state index in [0.29, 0.717) is 17.6 Å². The zero-order valence-corrected chi connectivity index (χ0v) is 14.3. The van der Waals surface area contributed by atoms with Gasteiger partial charge in [0, 0.05) is 18.0 Å². The molecular weight excluding hydrogens is 282 g/mol. The van der Waals surface area contributed by atoms with Crippen molar-refractivity contribution in [1.29, 1.82) is 0 Å². The predicted molar refractivity (Wildman–Crippen MR) is 89.3 cm³/mol. The summed E-state index contributed by atoms with van der Waals surface area (Å²) in [5.74, 6) is 1.65. The fraction of sp³-hybridized carbons (Fsp3) is 0.588. The van der Waals surface area contributed by atoms with Crippen LogP contribution < -0.4 is 0 Å². The first-order valence-corrected chi connectivity index (χ1v) is 8.51. The second kappa shape index (κ2) is 9.11. The van der Waals surface area contributed by atoms with Gasteiger partial charge in [0.05, 0.1) is 12.4 Å². The molecule has 0 aliphatic rings. The van der Waals surface area contributed by atoms with Crippen molar-refractivity contribution in [1.82, 2.24) is 4.90 Å². The number of hydrogen-bond acceptors (Lipinski definition) is 3. The van der Waals surface area contributed by atoms with E-state index < -0.39 is 0 Å². The maximum Gasteiger partial charge on any atom is 0.232 e. The average Bonchev–Trinajstić information content (AvgIpc) is 2.43. The Bertz CT molecular complexity index is 419. The number of rotatable bonds is 8. The Kier molecular flexibility index (Phi) is 7.83. The minimum atomic E-state index is 0.0560. The van der Waals surface area contributed by atoms with Gasteiger partial charge in [-0.2, -0.15) is 0 Å². The highest BCUT2D eigenvalue weighted by Gasteiger charge is 2.16. The zero-order valence-electron chi connectivity index (χ0n) is 13.5. The van der Waals surface area contributed by atoms with E-state index in [1.54, 1.807) is 11.8 Å². The van der Waals surface area contributed by atoms with Gasteiger partial charge in [-0.3, -0.25) is 4.79 Å². The van der Waals surface area contributed by atoms with Gasteiger partial charge >= 0.3 is 0 Å². The Hall–Kier alpha value is -1.00. The maximum atomic E-state index is 12.4. The van der Waals surface area contributed by atoms with E-state index in [9.17, 15) is 4.79 Å². The second-order valence-electron chi connectivity index (χ2n) is 6.18. The highest BCUT2D eigenvalue weighted by molar-refractivity contribution is 8.00. The molecule has 0 bridgehead atoms. The molecule has 0 aliphatic heterocycles. The lowest BCUT2D eigenvalue weighted by molar-refractivity contribution is -0.129. The van der Waals surface area contributed by atoms with E-state index in [-0.39, 0.29) is 12.5 Å². The monoisotopic (exact) mass is 309 g/mol. The van der Waals surface area contributed by atoms with Crippen LogP contribution >= 0.6 is 11.8 Å². The molecule has 0 radical (unpaired) electrons. The fourth-order valence-electron chi connectivity index (χ4n) is 2.09. The van der Waals surface area contributed by atoms with Crippen LogP contribution in [-0.4, -0.2) is 34.8 Å². The standard InChI is InChI=1S/C17H27NO2S/c1-13(2)9-18(10-14(3)4)17(20)12-21-16-7-5-15(11-19)6-8-16/h5-8,13-14,19H,9-12H2,1-4H3. The molecule has 3 nitrogen and oxygen atoms in total. The number of benzene rings is 1. The zero-order chi connectivity index (χ0) is 15.8. The largest absolute Gasteiger partial charge is 0.392 e. The van der Waals surface area contributed by atoms with E-state index in [1.165, 1.54) is 0 Å². The molecule has 4 heteroatoms. The van der Waals surface area contributed by atoms with Crippen LogP contribution in [0.5, 0.6) is 0 Å². The lowest BCUT2D eigenvalue weighted by atomic mass is 10.1. The predicted octanol–water partition coefficient (Wildman–Crippen LogP) is 3.41. The summed E-state index contributed by atoms with van der Waals surface area (Å²) >= 11 is 1.56. The number of aliphatic hydroxyl groups is 1. The normalized spacial score (nSPS) is 11.2. The van der Waals surface area contributed by atoms with Crippen molar-refractivity contribution in [3.8, 4) is 0 Å². The van der Waals surface area contributed by atoms with Crippen molar-refractivity contribution < 1.29 is 9.90 Å². The second-order valence-corrected chi connectivity index (χ2v) is 7.23. The van der Waals surface area contributed by atoms with Crippen LogP contribution in [0.25, 0.3) is 0 Å². The molecule has 0 heterocycles. The number of aliphatic hydroxyl groups excluding tert-OH is 1. The van der Waals surface area contributed by atoms with Crippen LogP contribution in [0.4, 0.5) is 0 Å².